The Morgan fingerprint density at radius 3 is 2.48 bits per heavy atom. The predicted octanol–water partition coefficient (Wildman–Crippen LogP) is 1.82. The molecule has 9 heteroatoms. The number of nitrogens with zero attached hydrogens (tertiary/aromatic N) is 1. The second kappa shape index (κ2) is 12.6. The molecule has 0 aromatic heterocycles. The SMILES string of the molecule is Cl.Cl.NC(CCCCB(O)O)(C(=O)O)[C@H]1CCN(CCc2ccccc2)C1. The number of unbranched alkanes of at least 4 members (excludes halogenated alkanes) is 1. The van der Waals surface area contributed by atoms with Gasteiger partial charge in [0.05, 0.1) is 0 Å². The molecular weight excluding hydrogens is 390 g/mol. The Bertz CT molecular complexity index is 553. The van der Waals surface area contributed by atoms with E-state index in [1.807, 2.05) is 18.2 Å². The van der Waals surface area contributed by atoms with Gasteiger partial charge in [0.25, 0.3) is 0 Å². The lowest BCUT2D eigenvalue weighted by atomic mass is 9.77. The maximum atomic E-state index is 11.8. The van der Waals surface area contributed by atoms with Crippen molar-refractivity contribution in [3.63, 3.8) is 0 Å². The summed E-state index contributed by atoms with van der Waals surface area (Å²) in [6, 6.07) is 10.3. The van der Waals surface area contributed by atoms with E-state index in [0.29, 0.717) is 25.8 Å². The number of rotatable bonds is 10. The maximum Gasteiger partial charge on any atom is 0.451 e. The van der Waals surface area contributed by atoms with E-state index in [1.165, 1.54) is 5.56 Å². The number of hydrogen-bond donors (Lipinski definition) is 4. The first-order valence-corrected chi connectivity index (χ1v) is 9.06. The number of hydrogen-bond acceptors (Lipinski definition) is 5. The van der Waals surface area contributed by atoms with Crippen LogP contribution in [-0.2, 0) is 11.2 Å². The second-order valence-corrected chi connectivity index (χ2v) is 7.09. The Hall–Kier alpha value is -0.825. The van der Waals surface area contributed by atoms with E-state index in [9.17, 15) is 9.90 Å². The minimum Gasteiger partial charge on any atom is -0.480 e. The summed E-state index contributed by atoms with van der Waals surface area (Å²) < 4.78 is 0. The lowest BCUT2D eigenvalue weighted by Crippen LogP contribution is -2.55. The van der Waals surface area contributed by atoms with Gasteiger partial charge in [-0.2, -0.15) is 0 Å². The molecule has 5 N–H and O–H groups in total. The third-order valence-electron chi connectivity index (χ3n) is 5.26. The number of carboxylic acids is 1. The lowest BCUT2D eigenvalue weighted by Gasteiger charge is -2.31. The van der Waals surface area contributed by atoms with Gasteiger partial charge in [-0.3, -0.25) is 4.79 Å². The smallest absolute Gasteiger partial charge is 0.451 e. The number of halogens is 2. The third-order valence-corrected chi connectivity index (χ3v) is 5.26. The van der Waals surface area contributed by atoms with Crippen molar-refractivity contribution in [3.8, 4) is 0 Å². The predicted molar refractivity (Wildman–Crippen MR) is 113 cm³/mol. The van der Waals surface area contributed by atoms with E-state index in [2.05, 4.69) is 17.0 Å². The summed E-state index contributed by atoms with van der Waals surface area (Å²) in [5.41, 5.74) is 6.33. The van der Waals surface area contributed by atoms with Crippen LogP contribution in [-0.4, -0.2) is 58.3 Å². The van der Waals surface area contributed by atoms with Gasteiger partial charge in [-0.05, 0) is 37.7 Å². The molecule has 6 nitrogen and oxygen atoms in total. The molecule has 1 unspecified atom stereocenters. The number of nitrogens with two attached hydrogens (primary N) is 1. The van der Waals surface area contributed by atoms with Crippen molar-refractivity contribution in [2.75, 3.05) is 19.6 Å². The maximum absolute atomic E-state index is 11.8. The van der Waals surface area contributed by atoms with Crippen molar-refractivity contribution in [1.29, 1.82) is 0 Å². The molecule has 1 aliphatic heterocycles. The van der Waals surface area contributed by atoms with Crippen molar-refractivity contribution in [2.24, 2.45) is 11.7 Å². The van der Waals surface area contributed by atoms with Crippen molar-refractivity contribution in [1.82, 2.24) is 4.90 Å². The third kappa shape index (κ3) is 7.98. The van der Waals surface area contributed by atoms with Crippen molar-refractivity contribution in [2.45, 2.75) is 44.0 Å². The molecule has 2 rings (SSSR count). The molecule has 0 spiro atoms. The van der Waals surface area contributed by atoms with Gasteiger partial charge in [0.15, 0.2) is 0 Å². The highest BCUT2D eigenvalue weighted by atomic mass is 35.5. The Morgan fingerprint density at radius 1 is 1.22 bits per heavy atom. The Balaban J connectivity index is 0.00000338. The van der Waals surface area contributed by atoms with E-state index in [1.54, 1.807) is 0 Å². The van der Waals surface area contributed by atoms with Gasteiger partial charge in [-0.1, -0.05) is 43.2 Å². The topological polar surface area (TPSA) is 107 Å². The average Bonchev–Trinajstić information content (AvgIpc) is 3.07. The van der Waals surface area contributed by atoms with Crippen molar-refractivity contribution in [3.05, 3.63) is 35.9 Å². The normalized spacial score (nSPS) is 18.9. The van der Waals surface area contributed by atoms with Gasteiger partial charge in [0.2, 0.25) is 0 Å². The highest BCUT2D eigenvalue weighted by molar-refractivity contribution is 6.40. The van der Waals surface area contributed by atoms with Gasteiger partial charge in [-0.15, -0.1) is 24.8 Å². The van der Waals surface area contributed by atoms with E-state index < -0.39 is 18.6 Å². The minimum absolute atomic E-state index is 0. The first-order valence-electron chi connectivity index (χ1n) is 9.06. The molecule has 0 saturated carbocycles. The molecule has 1 aliphatic rings. The molecule has 0 bridgehead atoms. The quantitative estimate of drug-likeness (QED) is 0.339. The summed E-state index contributed by atoms with van der Waals surface area (Å²) in [7, 11) is -1.34. The molecular formula is C18H31BCl2N2O4. The molecule has 1 saturated heterocycles. The molecule has 1 aromatic carbocycles. The van der Waals surface area contributed by atoms with Crippen LogP contribution in [0.1, 0.15) is 31.2 Å². The zero-order valence-electron chi connectivity index (χ0n) is 15.5. The molecule has 1 heterocycles. The zero-order valence-corrected chi connectivity index (χ0v) is 17.1. The molecule has 0 aliphatic carbocycles. The average molecular weight is 421 g/mol. The molecule has 0 radical (unpaired) electrons. The highest BCUT2D eigenvalue weighted by Gasteiger charge is 2.44. The molecule has 27 heavy (non-hydrogen) atoms. The van der Waals surface area contributed by atoms with E-state index in [4.69, 9.17) is 15.8 Å². The Labute approximate surface area is 174 Å². The standard InChI is InChI=1S/C18H29BN2O4.2ClH/c20-18(17(22)23,10-4-5-11-19(24)25)16-9-13-21(14-16)12-8-15-6-2-1-3-7-15;;/h1-3,6-7,16,24-25H,4-5,8-14,20H2,(H,22,23);2*1H/t16-,18?;;/m0../s1. The fraction of sp³-hybridized carbons (Fsp3) is 0.611. The molecule has 154 valence electrons. The number of benzene rings is 1. The zero-order chi connectivity index (χ0) is 18.3. The summed E-state index contributed by atoms with van der Waals surface area (Å²) in [6.07, 6.45) is 3.51. The number of aliphatic carboxylic acids is 1. The summed E-state index contributed by atoms with van der Waals surface area (Å²) >= 11 is 0. The molecule has 1 fully saturated rings. The molecule has 0 amide bonds. The van der Waals surface area contributed by atoms with E-state index in [0.717, 1.165) is 25.9 Å². The monoisotopic (exact) mass is 420 g/mol. The lowest BCUT2D eigenvalue weighted by molar-refractivity contribution is -0.145. The van der Waals surface area contributed by atoms with Crippen LogP contribution in [0, 0.1) is 5.92 Å². The van der Waals surface area contributed by atoms with Crippen LogP contribution in [0.15, 0.2) is 30.3 Å². The minimum atomic E-state index is -1.34. The Morgan fingerprint density at radius 2 is 1.89 bits per heavy atom. The van der Waals surface area contributed by atoms with Gasteiger partial charge >= 0.3 is 13.1 Å². The van der Waals surface area contributed by atoms with Crippen molar-refractivity contribution >= 4 is 37.9 Å². The fourth-order valence-corrected chi connectivity index (χ4v) is 3.62. The summed E-state index contributed by atoms with van der Waals surface area (Å²) in [6.45, 7) is 2.49. The van der Waals surface area contributed by atoms with Crippen LogP contribution in [0.2, 0.25) is 6.32 Å². The van der Waals surface area contributed by atoms with Crippen LogP contribution in [0.3, 0.4) is 0 Å². The van der Waals surface area contributed by atoms with Crippen molar-refractivity contribution < 1.29 is 19.9 Å². The van der Waals surface area contributed by atoms with Crippen LogP contribution in [0.5, 0.6) is 0 Å². The van der Waals surface area contributed by atoms with Gasteiger partial charge < -0.3 is 25.8 Å². The first-order chi connectivity index (χ1) is 11.9. The van der Waals surface area contributed by atoms with E-state index in [-0.39, 0.29) is 37.1 Å². The number of carbonyl (C=O) groups is 1. The second-order valence-electron chi connectivity index (χ2n) is 7.09. The summed E-state index contributed by atoms with van der Waals surface area (Å²) in [5, 5.41) is 27.4. The number of likely N-dealkylation sites (tertiary alicyclic amines) is 1. The fourth-order valence-electron chi connectivity index (χ4n) is 3.62. The van der Waals surface area contributed by atoms with E-state index >= 15 is 0 Å². The summed E-state index contributed by atoms with van der Waals surface area (Å²) in [4.78, 5) is 14.1. The first kappa shape index (κ1) is 26.2. The molecule has 1 aromatic rings. The summed E-state index contributed by atoms with van der Waals surface area (Å²) in [5.74, 6) is -1.02. The Kier molecular flexibility index (Phi) is 12.2. The molecule has 2 atom stereocenters. The highest BCUT2D eigenvalue weighted by Crippen LogP contribution is 2.30. The van der Waals surface area contributed by atoms with Gasteiger partial charge in [-0.25, -0.2) is 0 Å². The van der Waals surface area contributed by atoms with Crippen LogP contribution in [0.4, 0.5) is 0 Å². The van der Waals surface area contributed by atoms with Gasteiger partial charge in [0, 0.05) is 19.0 Å². The largest absolute Gasteiger partial charge is 0.480 e. The van der Waals surface area contributed by atoms with Crippen LogP contribution < -0.4 is 5.73 Å². The van der Waals surface area contributed by atoms with Crippen LogP contribution >= 0.6 is 24.8 Å². The van der Waals surface area contributed by atoms with Crippen LogP contribution in [0.25, 0.3) is 0 Å². The number of carboxylic acid groups (broad SMARTS) is 1. The van der Waals surface area contributed by atoms with Gasteiger partial charge in [0.1, 0.15) is 5.54 Å².